The Morgan fingerprint density at radius 2 is 2.00 bits per heavy atom. The SMILES string of the molecule is CCC/C(C=N)=C(/C)CC. The topological polar surface area (TPSA) is 23.9 Å². The Labute approximate surface area is 63.7 Å². The van der Waals surface area contributed by atoms with Gasteiger partial charge in [-0.15, -0.1) is 0 Å². The molecule has 0 radical (unpaired) electrons. The molecule has 1 N–H and O–H groups in total. The van der Waals surface area contributed by atoms with E-state index in [1.54, 1.807) is 0 Å². The number of allylic oxidation sites excluding steroid dienone is 2. The predicted molar refractivity (Wildman–Crippen MR) is 46.7 cm³/mol. The van der Waals surface area contributed by atoms with Gasteiger partial charge in [0.2, 0.25) is 0 Å². The maximum atomic E-state index is 7.11. The van der Waals surface area contributed by atoms with Crippen LogP contribution in [0.1, 0.15) is 40.0 Å². The molecule has 0 aromatic heterocycles. The van der Waals surface area contributed by atoms with Crippen LogP contribution in [0.15, 0.2) is 11.1 Å². The first-order valence-corrected chi connectivity index (χ1v) is 3.95. The largest absolute Gasteiger partial charge is 0.308 e. The predicted octanol–water partition coefficient (Wildman–Crippen LogP) is 3.16. The molecule has 58 valence electrons. The first-order valence-electron chi connectivity index (χ1n) is 3.95. The van der Waals surface area contributed by atoms with E-state index in [1.165, 1.54) is 17.4 Å². The maximum absolute atomic E-state index is 7.11. The van der Waals surface area contributed by atoms with Crippen molar-refractivity contribution < 1.29 is 0 Å². The lowest BCUT2D eigenvalue weighted by Crippen LogP contribution is -1.88. The molecule has 1 heteroatoms. The van der Waals surface area contributed by atoms with E-state index in [2.05, 4.69) is 20.8 Å². The third-order valence-corrected chi connectivity index (χ3v) is 1.77. The van der Waals surface area contributed by atoms with Crippen LogP contribution in [0.25, 0.3) is 0 Å². The summed E-state index contributed by atoms with van der Waals surface area (Å²) >= 11 is 0. The number of nitrogens with one attached hydrogen (secondary N) is 1. The average Bonchev–Trinajstić information content (AvgIpc) is 1.99. The van der Waals surface area contributed by atoms with Crippen molar-refractivity contribution in [2.45, 2.75) is 40.0 Å². The zero-order valence-electron chi connectivity index (χ0n) is 7.20. The Balaban J connectivity index is 4.14. The highest BCUT2D eigenvalue weighted by molar-refractivity contribution is 5.76. The van der Waals surface area contributed by atoms with E-state index in [4.69, 9.17) is 5.41 Å². The minimum Gasteiger partial charge on any atom is -0.308 e. The van der Waals surface area contributed by atoms with Crippen molar-refractivity contribution in [3.05, 3.63) is 11.1 Å². The van der Waals surface area contributed by atoms with E-state index >= 15 is 0 Å². The van der Waals surface area contributed by atoms with Crippen LogP contribution >= 0.6 is 0 Å². The van der Waals surface area contributed by atoms with Crippen LogP contribution < -0.4 is 0 Å². The average molecular weight is 139 g/mol. The van der Waals surface area contributed by atoms with Gasteiger partial charge in [0.05, 0.1) is 0 Å². The molecular formula is C9H17N. The molecule has 0 saturated heterocycles. The lowest BCUT2D eigenvalue weighted by molar-refractivity contribution is 0.910. The molecular weight excluding hydrogens is 122 g/mol. The van der Waals surface area contributed by atoms with Crippen molar-refractivity contribution in [2.24, 2.45) is 0 Å². The normalized spacial score (nSPS) is 12.7. The monoisotopic (exact) mass is 139 g/mol. The smallest absolute Gasteiger partial charge is 0.0209 e. The maximum Gasteiger partial charge on any atom is 0.0209 e. The summed E-state index contributed by atoms with van der Waals surface area (Å²) in [5, 5.41) is 7.11. The van der Waals surface area contributed by atoms with Gasteiger partial charge in [0, 0.05) is 6.21 Å². The van der Waals surface area contributed by atoms with Crippen molar-refractivity contribution in [1.82, 2.24) is 0 Å². The van der Waals surface area contributed by atoms with E-state index in [9.17, 15) is 0 Å². The summed E-state index contributed by atoms with van der Waals surface area (Å²) in [5.41, 5.74) is 2.57. The summed E-state index contributed by atoms with van der Waals surface area (Å²) in [6.45, 7) is 6.39. The molecule has 0 bridgehead atoms. The van der Waals surface area contributed by atoms with Gasteiger partial charge < -0.3 is 5.41 Å². The van der Waals surface area contributed by atoms with Crippen LogP contribution in [-0.4, -0.2) is 6.21 Å². The number of hydrogen-bond acceptors (Lipinski definition) is 1. The van der Waals surface area contributed by atoms with Crippen LogP contribution in [0.2, 0.25) is 0 Å². The second-order valence-corrected chi connectivity index (χ2v) is 2.55. The molecule has 0 spiro atoms. The Kier molecular flexibility index (Phi) is 4.91. The van der Waals surface area contributed by atoms with Gasteiger partial charge >= 0.3 is 0 Å². The zero-order valence-corrected chi connectivity index (χ0v) is 7.20. The molecule has 0 amide bonds. The summed E-state index contributed by atoms with van der Waals surface area (Å²) in [6, 6.07) is 0. The molecule has 0 atom stereocenters. The molecule has 1 nitrogen and oxygen atoms in total. The summed E-state index contributed by atoms with van der Waals surface area (Å²) in [5.74, 6) is 0. The summed E-state index contributed by atoms with van der Waals surface area (Å²) in [4.78, 5) is 0. The number of rotatable bonds is 4. The van der Waals surface area contributed by atoms with Gasteiger partial charge in [0.1, 0.15) is 0 Å². The molecule has 0 heterocycles. The van der Waals surface area contributed by atoms with E-state index in [1.807, 2.05) is 0 Å². The molecule has 10 heavy (non-hydrogen) atoms. The molecule has 0 aliphatic carbocycles. The lowest BCUT2D eigenvalue weighted by atomic mass is 10.0. The minimum atomic E-state index is 1.06. The minimum absolute atomic E-state index is 1.06. The van der Waals surface area contributed by atoms with Gasteiger partial charge in [-0.25, -0.2) is 0 Å². The van der Waals surface area contributed by atoms with Crippen molar-refractivity contribution in [1.29, 1.82) is 5.41 Å². The van der Waals surface area contributed by atoms with Gasteiger partial charge in [0.15, 0.2) is 0 Å². The molecule has 0 rings (SSSR count). The number of hydrogen-bond donors (Lipinski definition) is 1. The highest BCUT2D eigenvalue weighted by Gasteiger charge is 1.94. The molecule has 0 aliphatic rings. The third kappa shape index (κ3) is 2.81. The van der Waals surface area contributed by atoms with Crippen LogP contribution in [0.4, 0.5) is 0 Å². The Morgan fingerprint density at radius 3 is 2.30 bits per heavy atom. The van der Waals surface area contributed by atoms with Crippen molar-refractivity contribution >= 4 is 6.21 Å². The first-order chi connectivity index (χ1) is 4.76. The fourth-order valence-corrected chi connectivity index (χ4v) is 0.905. The molecule has 0 unspecified atom stereocenters. The van der Waals surface area contributed by atoms with Gasteiger partial charge in [0.25, 0.3) is 0 Å². The van der Waals surface area contributed by atoms with E-state index in [-0.39, 0.29) is 0 Å². The summed E-state index contributed by atoms with van der Waals surface area (Å²) in [6.07, 6.45) is 4.76. The standard InChI is InChI=1S/C9H17N/c1-4-6-9(7-10)8(3)5-2/h7,10H,4-6H2,1-3H3/b9-8+,10-7?. The fourth-order valence-electron chi connectivity index (χ4n) is 0.905. The second kappa shape index (κ2) is 5.21. The van der Waals surface area contributed by atoms with Crippen molar-refractivity contribution in [3.8, 4) is 0 Å². The highest BCUT2D eigenvalue weighted by atomic mass is 14.3. The van der Waals surface area contributed by atoms with E-state index in [0.717, 1.165) is 19.3 Å². The summed E-state index contributed by atoms with van der Waals surface area (Å²) < 4.78 is 0. The Morgan fingerprint density at radius 1 is 1.40 bits per heavy atom. The van der Waals surface area contributed by atoms with Gasteiger partial charge in [-0.2, -0.15) is 0 Å². The van der Waals surface area contributed by atoms with Crippen LogP contribution in [0, 0.1) is 5.41 Å². The van der Waals surface area contributed by atoms with E-state index in [0.29, 0.717) is 0 Å². The Hall–Kier alpha value is -0.590. The fraction of sp³-hybridized carbons (Fsp3) is 0.667. The van der Waals surface area contributed by atoms with Crippen LogP contribution in [-0.2, 0) is 0 Å². The first kappa shape index (κ1) is 9.41. The molecule has 0 saturated carbocycles. The van der Waals surface area contributed by atoms with Gasteiger partial charge in [-0.3, -0.25) is 0 Å². The molecule has 0 aromatic rings. The molecule has 0 fully saturated rings. The Bertz CT molecular complexity index is 134. The van der Waals surface area contributed by atoms with Crippen molar-refractivity contribution in [3.63, 3.8) is 0 Å². The van der Waals surface area contributed by atoms with Crippen LogP contribution in [0.3, 0.4) is 0 Å². The third-order valence-electron chi connectivity index (χ3n) is 1.77. The quantitative estimate of drug-likeness (QED) is 0.578. The summed E-state index contributed by atoms with van der Waals surface area (Å²) in [7, 11) is 0. The van der Waals surface area contributed by atoms with Crippen LogP contribution in [0.5, 0.6) is 0 Å². The van der Waals surface area contributed by atoms with Crippen molar-refractivity contribution in [2.75, 3.05) is 0 Å². The molecule has 0 aliphatic heterocycles. The van der Waals surface area contributed by atoms with E-state index < -0.39 is 0 Å². The second-order valence-electron chi connectivity index (χ2n) is 2.55. The molecule has 0 aromatic carbocycles. The highest BCUT2D eigenvalue weighted by Crippen LogP contribution is 2.10. The zero-order chi connectivity index (χ0) is 7.98. The lowest BCUT2D eigenvalue weighted by Gasteiger charge is -2.02. The van der Waals surface area contributed by atoms with Gasteiger partial charge in [-0.05, 0) is 25.3 Å². The van der Waals surface area contributed by atoms with Gasteiger partial charge in [-0.1, -0.05) is 25.8 Å².